The van der Waals surface area contributed by atoms with Gasteiger partial charge in [0.05, 0.1) is 12.1 Å². The molecule has 0 aliphatic rings. The van der Waals surface area contributed by atoms with E-state index in [0.717, 1.165) is 29.4 Å². The number of fused-ring (bicyclic) bond motifs is 1. The van der Waals surface area contributed by atoms with Crippen molar-refractivity contribution in [2.24, 2.45) is 7.05 Å². The molecule has 1 aromatic carbocycles. The van der Waals surface area contributed by atoms with Crippen LogP contribution >= 0.6 is 0 Å². The maximum atomic E-state index is 12.2. The van der Waals surface area contributed by atoms with Gasteiger partial charge in [0.1, 0.15) is 0 Å². The summed E-state index contributed by atoms with van der Waals surface area (Å²) in [6.07, 6.45) is 6.99. The van der Waals surface area contributed by atoms with E-state index >= 15 is 0 Å². The van der Waals surface area contributed by atoms with Crippen LogP contribution in [-0.2, 0) is 7.05 Å². The SMILES string of the molecule is CCCCCCCCOc1c(O)c(=O)n(C)c2cc(NC)ccc12. The first-order valence-corrected chi connectivity index (χ1v) is 8.76. The maximum Gasteiger partial charge on any atom is 0.296 e. The van der Waals surface area contributed by atoms with E-state index in [2.05, 4.69) is 12.2 Å². The first-order valence-electron chi connectivity index (χ1n) is 8.76. The van der Waals surface area contributed by atoms with Crippen molar-refractivity contribution in [1.82, 2.24) is 4.57 Å². The highest BCUT2D eigenvalue weighted by Crippen LogP contribution is 2.33. The molecule has 0 radical (unpaired) electrons. The molecule has 0 bridgehead atoms. The van der Waals surface area contributed by atoms with E-state index in [4.69, 9.17) is 4.74 Å². The molecular formula is C19H28N2O3. The molecule has 0 aliphatic heterocycles. The fourth-order valence-electron chi connectivity index (χ4n) is 2.85. The molecule has 24 heavy (non-hydrogen) atoms. The average molecular weight is 332 g/mol. The molecule has 5 nitrogen and oxygen atoms in total. The largest absolute Gasteiger partial charge is 0.500 e. The number of aryl methyl sites for hydroxylation is 1. The lowest BCUT2D eigenvalue weighted by atomic mass is 10.1. The monoisotopic (exact) mass is 332 g/mol. The first-order chi connectivity index (χ1) is 11.6. The Kier molecular flexibility index (Phi) is 6.53. The van der Waals surface area contributed by atoms with Crippen LogP contribution in [0.25, 0.3) is 10.9 Å². The van der Waals surface area contributed by atoms with Gasteiger partial charge in [-0.1, -0.05) is 39.0 Å². The Labute approximate surface area is 143 Å². The Morgan fingerprint density at radius 1 is 1.17 bits per heavy atom. The molecule has 5 heteroatoms. The summed E-state index contributed by atoms with van der Waals surface area (Å²) in [5, 5.41) is 14.0. The Balaban J connectivity index is 2.16. The molecule has 2 N–H and O–H groups in total. The lowest BCUT2D eigenvalue weighted by Crippen LogP contribution is -2.18. The average Bonchev–Trinajstić information content (AvgIpc) is 2.61. The molecule has 0 saturated heterocycles. The minimum Gasteiger partial charge on any atom is -0.500 e. The number of aromatic hydroxyl groups is 1. The summed E-state index contributed by atoms with van der Waals surface area (Å²) in [5.41, 5.74) is 1.21. The Hall–Kier alpha value is -2.17. The molecule has 0 atom stereocenters. The molecule has 132 valence electrons. The normalized spacial score (nSPS) is 11.0. The Morgan fingerprint density at radius 2 is 1.88 bits per heavy atom. The molecule has 2 aromatic rings. The fraction of sp³-hybridized carbons (Fsp3) is 0.526. The number of benzene rings is 1. The number of ether oxygens (including phenoxy) is 1. The molecule has 0 spiro atoms. The van der Waals surface area contributed by atoms with Gasteiger partial charge in [0.2, 0.25) is 5.75 Å². The van der Waals surface area contributed by atoms with E-state index in [1.54, 1.807) is 7.05 Å². The molecule has 0 amide bonds. The van der Waals surface area contributed by atoms with Crippen molar-refractivity contribution in [3.8, 4) is 11.5 Å². The predicted octanol–water partition coefficient (Wildman–Crippen LogP) is 4.03. The minimum absolute atomic E-state index is 0.296. The van der Waals surface area contributed by atoms with E-state index in [-0.39, 0.29) is 5.75 Å². The summed E-state index contributed by atoms with van der Waals surface area (Å²) in [5.74, 6) is -0.0162. The zero-order valence-corrected chi connectivity index (χ0v) is 14.9. The predicted molar refractivity (Wildman–Crippen MR) is 99.3 cm³/mol. The van der Waals surface area contributed by atoms with Gasteiger partial charge in [-0.15, -0.1) is 0 Å². The Bertz CT molecular complexity index is 737. The topological polar surface area (TPSA) is 63.5 Å². The lowest BCUT2D eigenvalue weighted by molar-refractivity contribution is 0.290. The van der Waals surface area contributed by atoms with Gasteiger partial charge in [0.15, 0.2) is 5.75 Å². The van der Waals surface area contributed by atoms with Crippen molar-refractivity contribution in [2.45, 2.75) is 45.4 Å². The molecule has 2 rings (SSSR count). The highest BCUT2D eigenvalue weighted by Gasteiger charge is 2.16. The Morgan fingerprint density at radius 3 is 2.58 bits per heavy atom. The van der Waals surface area contributed by atoms with Crippen LogP contribution in [0.2, 0.25) is 0 Å². The zero-order valence-electron chi connectivity index (χ0n) is 14.9. The smallest absolute Gasteiger partial charge is 0.296 e. The molecule has 0 fully saturated rings. The van der Waals surface area contributed by atoms with Gasteiger partial charge in [-0.25, -0.2) is 0 Å². The van der Waals surface area contributed by atoms with Crippen molar-refractivity contribution in [1.29, 1.82) is 0 Å². The molecule has 0 saturated carbocycles. The highest BCUT2D eigenvalue weighted by molar-refractivity contribution is 5.90. The first kappa shape index (κ1) is 18.2. The van der Waals surface area contributed by atoms with Crippen molar-refractivity contribution in [3.63, 3.8) is 0 Å². The third-order valence-corrected chi connectivity index (χ3v) is 4.36. The third kappa shape index (κ3) is 4.02. The van der Waals surface area contributed by atoms with Crippen molar-refractivity contribution >= 4 is 16.6 Å². The summed E-state index contributed by atoms with van der Waals surface area (Å²) in [7, 11) is 3.48. The van der Waals surface area contributed by atoms with E-state index in [1.165, 1.54) is 30.3 Å². The number of pyridine rings is 1. The number of rotatable bonds is 9. The summed E-state index contributed by atoms with van der Waals surface area (Å²) >= 11 is 0. The number of nitrogens with one attached hydrogen (secondary N) is 1. The minimum atomic E-state index is -0.436. The number of hydrogen-bond donors (Lipinski definition) is 2. The summed E-state index contributed by atoms with van der Waals surface area (Å²) in [4.78, 5) is 12.2. The van der Waals surface area contributed by atoms with E-state index in [0.29, 0.717) is 12.4 Å². The van der Waals surface area contributed by atoms with Crippen molar-refractivity contribution in [2.75, 3.05) is 19.0 Å². The second-order valence-corrected chi connectivity index (χ2v) is 6.14. The number of nitrogens with zero attached hydrogens (tertiary/aromatic N) is 1. The number of hydrogen-bond acceptors (Lipinski definition) is 4. The van der Waals surface area contributed by atoms with E-state index in [9.17, 15) is 9.90 Å². The molecule has 0 unspecified atom stereocenters. The van der Waals surface area contributed by atoms with Crippen LogP contribution in [0, 0.1) is 0 Å². The molecule has 1 aromatic heterocycles. The molecule has 1 heterocycles. The van der Waals surface area contributed by atoms with Gasteiger partial charge >= 0.3 is 0 Å². The second-order valence-electron chi connectivity index (χ2n) is 6.14. The van der Waals surface area contributed by atoms with Crippen LogP contribution in [0.4, 0.5) is 5.69 Å². The van der Waals surface area contributed by atoms with Crippen LogP contribution < -0.4 is 15.6 Å². The third-order valence-electron chi connectivity index (χ3n) is 4.36. The van der Waals surface area contributed by atoms with Gasteiger partial charge in [-0.05, 0) is 24.6 Å². The standard InChI is InChI=1S/C19H28N2O3/c1-4-5-6-7-8-9-12-24-18-15-11-10-14(20-2)13-16(15)21(3)19(23)17(18)22/h10-11,13,20,22H,4-9,12H2,1-3H3. The summed E-state index contributed by atoms with van der Waals surface area (Å²) in [6, 6.07) is 5.66. The van der Waals surface area contributed by atoms with Gasteiger partial charge < -0.3 is 19.7 Å². The quantitative estimate of drug-likeness (QED) is 0.681. The summed E-state index contributed by atoms with van der Waals surface area (Å²) < 4.78 is 7.23. The van der Waals surface area contributed by atoms with Gasteiger partial charge in [0, 0.05) is 25.2 Å². The van der Waals surface area contributed by atoms with Crippen molar-refractivity contribution in [3.05, 3.63) is 28.6 Å². The van der Waals surface area contributed by atoms with Crippen LogP contribution in [0.15, 0.2) is 23.0 Å². The highest BCUT2D eigenvalue weighted by atomic mass is 16.5. The number of unbranched alkanes of at least 4 members (excludes halogenated alkanes) is 5. The maximum absolute atomic E-state index is 12.2. The van der Waals surface area contributed by atoms with Crippen LogP contribution in [0.5, 0.6) is 11.5 Å². The van der Waals surface area contributed by atoms with Crippen LogP contribution in [-0.4, -0.2) is 23.3 Å². The fourth-order valence-corrected chi connectivity index (χ4v) is 2.85. The summed E-state index contributed by atoms with van der Waals surface area (Å²) in [6.45, 7) is 2.71. The lowest BCUT2D eigenvalue weighted by Gasteiger charge is -2.14. The second kappa shape index (κ2) is 8.62. The number of anilines is 1. The van der Waals surface area contributed by atoms with Gasteiger partial charge in [0.25, 0.3) is 5.56 Å². The van der Waals surface area contributed by atoms with Crippen LogP contribution in [0.3, 0.4) is 0 Å². The molecule has 0 aliphatic carbocycles. The van der Waals surface area contributed by atoms with Crippen LogP contribution in [0.1, 0.15) is 45.4 Å². The zero-order chi connectivity index (χ0) is 17.5. The van der Waals surface area contributed by atoms with E-state index in [1.807, 2.05) is 25.2 Å². The van der Waals surface area contributed by atoms with Gasteiger partial charge in [-0.3, -0.25) is 4.79 Å². The number of aromatic nitrogens is 1. The van der Waals surface area contributed by atoms with Crippen molar-refractivity contribution < 1.29 is 9.84 Å². The van der Waals surface area contributed by atoms with Gasteiger partial charge in [-0.2, -0.15) is 0 Å². The van der Waals surface area contributed by atoms with E-state index < -0.39 is 5.56 Å². The molecular weight excluding hydrogens is 304 g/mol.